The normalized spacial score (nSPS) is 17.5. The Hall–Kier alpha value is -1.89. The van der Waals surface area contributed by atoms with Crippen molar-refractivity contribution in [1.29, 1.82) is 0 Å². The van der Waals surface area contributed by atoms with E-state index in [-0.39, 0.29) is 5.78 Å². The lowest BCUT2D eigenvalue weighted by atomic mass is 9.84. The number of ketones is 1. The molecular weight excluding hydrogens is 388 g/mol. The summed E-state index contributed by atoms with van der Waals surface area (Å²) >= 11 is 0. The van der Waals surface area contributed by atoms with Crippen LogP contribution in [0.1, 0.15) is 114 Å². The topological polar surface area (TPSA) is 17.1 Å². The Kier molecular flexibility index (Phi) is 13.9. The second-order valence-electron chi connectivity index (χ2n) is 9.46. The summed E-state index contributed by atoms with van der Waals surface area (Å²) in [5, 5.41) is 0. The highest BCUT2D eigenvalue weighted by Crippen LogP contribution is 2.27. The van der Waals surface area contributed by atoms with Gasteiger partial charge in [-0.3, -0.25) is 4.79 Å². The number of benzene rings is 2. The van der Waals surface area contributed by atoms with Crippen molar-refractivity contribution in [2.75, 3.05) is 0 Å². The molecule has 2 aromatic rings. The van der Waals surface area contributed by atoms with E-state index >= 15 is 0 Å². The molecule has 3 rings (SSSR count). The van der Waals surface area contributed by atoms with Gasteiger partial charge in [0, 0.05) is 5.56 Å². The molecule has 0 aromatic heterocycles. The van der Waals surface area contributed by atoms with E-state index in [0.29, 0.717) is 0 Å². The lowest BCUT2D eigenvalue weighted by molar-refractivity contribution is 0.101. The molecule has 0 unspecified atom stereocenters. The fraction of sp³-hybridized carbons (Fsp3) is 0.581. The Morgan fingerprint density at radius 3 is 1.88 bits per heavy atom. The smallest absolute Gasteiger partial charge is 0.159 e. The second-order valence-corrected chi connectivity index (χ2v) is 9.46. The third kappa shape index (κ3) is 10.2. The highest BCUT2D eigenvalue weighted by Gasteiger charge is 2.13. The highest BCUT2D eigenvalue weighted by molar-refractivity contribution is 5.94. The van der Waals surface area contributed by atoms with Crippen LogP contribution in [0.5, 0.6) is 0 Å². The molecule has 1 saturated carbocycles. The van der Waals surface area contributed by atoms with Crippen LogP contribution in [-0.4, -0.2) is 5.78 Å². The molecule has 0 spiro atoms. The molecule has 0 atom stereocenters. The summed E-state index contributed by atoms with van der Waals surface area (Å²) in [6, 6.07) is 14.7. The minimum absolute atomic E-state index is 0.116. The summed E-state index contributed by atoms with van der Waals surface area (Å²) in [7, 11) is 0. The van der Waals surface area contributed by atoms with Crippen LogP contribution in [-0.2, 0) is 6.42 Å². The number of unbranched alkanes of at least 4 members (excludes halogenated alkanes) is 3. The maximum Gasteiger partial charge on any atom is 0.159 e. The average molecular weight is 437 g/mol. The zero-order chi connectivity index (χ0) is 23.9. The van der Waals surface area contributed by atoms with Gasteiger partial charge in [-0.25, -0.2) is 0 Å². The summed E-state index contributed by atoms with van der Waals surface area (Å²) < 4.78 is 0. The molecule has 178 valence electrons. The van der Waals surface area contributed by atoms with Crippen molar-refractivity contribution in [2.24, 2.45) is 11.8 Å². The van der Waals surface area contributed by atoms with Gasteiger partial charge >= 0.3 is 0 Å². The molecule has 1 fully saturated rings. The molecule has 1 nitrogen and oxygen atoms in total. The number of carbonyl (C=O) groups excluding carboxylic acids is 1. The Morgan fingerprint density at radius 1 is 0.844 bits per heavy atom. The summed E-state index contributed by atoms with van der Waals surface area (Å²) in [6.45, 7) is 14.8. The molecule has 0 heterocycles. The number of carbonyl (C=O) groups is 1. The van der Waals surface area contributed by atoms with Gasteiger partial charge in [0.2, 0.25) is 0 Å². The molecule has 0 bridgehead atoms. The van der Waals surface area contributed by atoms with Crippen LogP contribution >= 0.6 is 0 Å². The van der Waals surface area contributed by atoms with Gasteiger partial charge in [0.1, 0.15) is 0 Å². The number of aryl methyl sites for hydroxylation is 2. The molecular formula is C31H48O. The van der Waals surface area contributed by atoms with E-state index in [1.54, 1.807) is 6.92 Å². The van der Waals surface area contributed by atoms with Crippen molar-refractivity contribution in [1.82, 2.24) is 0 Å². The predicted octanol–water partition coefficient (Wildman–Crippen LogP) is 9.85. The molecule has 1 aliphatic rings. The second kappa shape index (κ2) is 15.8. The lowest BCUT2D eigenvalue weighted by Gasteiger charge is -2.22. The standard InChI is InChI=1S/C21H26O.C8H16.C2H6/c1-4-5-6-7-8-18-9-14-21(16(2)15-18)20-12-10-19(11-13-20)17(3)22;1-7-3-5-8(2)6-4-7;1-2/h9-15H,4-8H2,1-3H3;7-8H,3-6H2,1-2H3;1-2H3. The van der Waals surface area contributed by atoms with Crippen LogP contribution in [0.15, 0.2) is 42.5 Å². The van der Waals surface area contributed by atoms with E-state index in [1.165, 1.54) is 80.0 Å². The minimum atomic E-state index is 0.116. The Balaban J connectivity index is 0.000000427. The van der Waals surface area contributed by atoms with Crippen molar-refractivity contribution in [3.05, 3.63) is 59.2 Å². The maximum absolute atomic E-state index is 11.4. The van der Waals surface area contributed by atoms with Gasteiger partial charge < -0.3 is 0 Å². The van der Waals surface area contributed by atoms with E-state index in [2.05, 4.69) is 45.9 Å². The lowest BCUT2D eigenvalue weighted by Crippen LogP contribution is -2.08. The fourth-order valence-corrected chi connectivity index (χ4v) is 4.27. The summed E-state index contributed by atoms with van der Waals surface area (Å²) in [5.74, 6) is 2.16. The van der Waals surface area contributed by atoms with Gasteiger partial charge in [-0.15, -0.1) is 0 Å². The maximum atomic E-state index is 11.4. The van der Waals surface area contributed by atoms with Gasteiger partial charge in [0.15, 0.2) is 5.78 Å². The first kappa shape index (κ1) is 28.1. The van der Waals surface area contributed by atoms with E-state index in [0.717, 1.165) is 17.4 Å². The summed E-state index contributed by atoms with van der Waals surface area (Å²) in [5.41, 5.74) is 5.95. The van der Waals surface area contributed by atoms with Gasteiger partial charge in [0.05, 0.1) is 0 Å². The number of hydrogen-bond acceptors (Lipinski definition) is 1. The van der Waals surface area contributed by atoms with Gasteiger partial charge in [-0.1, -0.05) is 122 Å². The first-order valence-electron chi connectivity index (χ1n) is 13.1. The first-order chi connectivity index (χ1) is 15.4. The van der Waals surface area contributed by atoms with E-state index in [1.807, 2.05) is 38.1 Å². The van der Waals surface area contributed by atoms with Gasteiger partial charge in [-0.05, 0) is 60.8 Å². The Morgan fingerprint density at radius 2 is 1.41 bits per heavy atom. The zero-order valence-corrected chi connectivity index (χ0v) is 22.0. The van der Waals surface area contributed by atoms with E-state index in [4.69, 9.17) is 0 Å². The average Bonchev–Trinajstić information content (AvgIpc) is 2.81. The Labute approximate surface area is 199 Å². The fourth-order valence-electron chi connectivity index (χ4n) is 4.27. The number of Topliss-reactive ketones (excluding diaryl/α,β-unsaturated/α-hetero) is 1. The number of rotatable bonds is 7. The van der Waals surface area contributed by atoms with Gasteiger partial charge in [0.25, 0.3) is 0 Å². The van der Waals surface area contributed by atoms with Gasteiger partial charge in [-0.2, -0.15) is 0 Å². The molecule has 0 radical (unpaired) electrons. The van der Waals surface area contributed by atoms with Crippen molar-refractivity contribution >= 4 is 5.78 Å². The molecule has 32 heavy (non-hydrogen) atoms. The third-order valence-corrected chi connectivity index (χ3v) is 6.52. The molecule has 2 aromatic carbocycles. The summed E-state index contributed by atoms with van der Waals surface area (Å²) in [4.78, 5) is 11.4. The molecule has 1 aliphatic carbocycles. The van der Waals surface area contributed by atoms with Crippen molar-refractivity contribution in [2.45, 2.75) is 106 Å². The summed E-state index contributed by atoms with van der Waals surface area (Å²) in [6.07, 6.45) is 12.3. The molecule has 0 N–H and O–H groups in total. The molecule has 0 saturated heterocycles. The number of hydrogen-bond donors (Lipinski definition) is 0. The minimum Gasteiger partial charge on any atom is -0.295 e. The molecule has 0 aliphatic heterocycles. The van der Waals surface area contributed by atoms with E-state index in [9.17, 15) is 4.79 Å². The van der Waals surface area contributed by atoms with Crippen LogP contribution in [0.3, 0.4) is 0 Å². The van der Waals surface area contributed by atoms with Crippen molar-refractivity contribution < 1.29 is 4.79 Å². The zero-order valence-electron chi connectivity index (χ0n) is 22.0. The third-order valence-electron chi connectivity index (χ3n) is 6.52. The van der Waals surface area contributed by atoms with Crippen LogP contribution in [0.25, 0.3) is 11.1 Å². The Bertz CT molecular complexity index is 754. The quantitative estimate of drug-likeness (QED) is 0.312. The van der Waals surface area contributed by atoms with Crippen molar-refractivity contribution in [3.8, 4) is 11.1 Å². The van der Waals surface area contributed by atoms with Crippen LogP contribution in [0, 0.1) is 18.8 Å². The van der Waals surface area contributed by atoms with Crippen LogP contribution < -0.4 is 0 Å². The first-order valence-corrected chi connectivity index (χ1v) is 13.1. The largest absolute Gasteiger partial charge is 0.295 e. The predicted molar refractivity (Wildman–Crippen MR) is 143 cm³/mol. The van der Waals surface area contributed by atoms with Crippen LogP contribution in [0.2, 0.25) is 0 Å². The monoisotopic (exact) mass is 436 g/mol. The van der Waals surface area contributed by atoms with Crippen LogP contribution in [0.4, 0.5) is 0 Å². The molecule has 1 heteroatoms. The van der Waals surface area contributed by atoms with E-state index < -0.39 is 0 Å². The van der Waals surface area contributed by atoms with Crippen molar-refractivity contribution in [3.63, 3.8) is 0 Å². The molecule has 0 amide bonds. The highest BCUT2D eigenvalue weighted by atomic mass is 16.1. The SMILES string of the molecule is CC.CC1CCC(C)CC1.CCCCCCc1ccc(-c2ccc(C(C)=O)cc2)c(C)c1.